The second-order valence-electron chi connectivity index (χ2n) is 5.48. The molecule has 0 unspecified atom stereocenters. The van der Waals surface area contributed by atoms with Gasteiger partial charge in [0.25, 0.3) is 5.91 Å². The fraction of sp³-hybridized carbons (Fsp3) is 0.222. The average molecular weight is 361 g/mol. The molecule has 0 bridgehead atoms. The number of carbonyl (C=O) groups is 2. The number of ether oxygens (including phenoxy) is 2. The number of fused-ring (bicyclic) bond motifs is 1. The van der Waals surface area contributed by atoms with E-state index >= 15 is 0 Å². The van der Waals surface area contributed by atoms with E-state index in [1.54, 1.807) is 30.3 Å². The zero-order valence-electron chi connectivity index (χ0n) is 13.4. The second kappa shape index (κ2) is 7.90. The number of anilines is 2. The molecule has 2 aromatic rings. The molecule has 0 spiro atoms. The van der Waals surface area contributed by atoms with Crippen LogP contribution in [0.1, 0.15) is 12.8 Å². The lowest BCUT2D eigenvalue weighted by molar-refractivity contribution is -0.118. The minimum absolute atomic E-state index is 0.0240. The predicted molar refractivity (Wildman–Crippen MR) is 95.4 cm³/mol. The number of rotatable bonds is 6. The van der Waals surface area contributed by atoms with Gasteiger partial charge < -0.3 is 20.1 Å². The molecule has 0 fully saturated rings. The van der Waals surface area contributed by atoms with Crippen LogP contribution >= 0.6 is 11.6 Å². The van der Waals surface area contributed by atoms with Crippen molar-refractivity contribution in [1.82, 2.24) is 0 Å². The number of halogens is 1. The number of para-hydroxylation sites is 1. The number of hydrogen-bond acceptors (Lipinski definition) is 4. The Balaban J connectivity index is 1.45. The molecule has 3 rings (SSSR count). The molecule has 0 aromatic heterocycles. The van der Waals surface area contributed by atoms with Gasteiger partial charge in [-0.3, -0.25) is 9.59 Å². The summed E-state index contributed by atoms with van der Waals surface area (Å²) in [6.07, 6.45) is 0.883. The lowest BCUT2D eigenvalue weighted by atomic mass is 10.2. The fourth-order valence-electron chi connectivity index (χ4n) is 2.35. The molecule has 0 saturated heterocycles. The molecule has 1 aliphatic heterocycles. The summed E-state index contributed by atoms with van der Waals surface area (Å²) in [6, 6.07) is 12.3. The van der Waals surface area contributed by atoms with E-state index in [1.807, 2.05) is 12.1 Å². The summed E-state index contributed by atoms with van der Waals surface area (Å²) in [5.41, 5.74) is 1.22. The molecule has 0 atom stereocenters. The Morgan fingerprint density at radius 3 is 2.96 bits per heavy atom. The molecule has 1 aliphatic rings. The van der Waals surface area contributed by atoms with Crippen molar-refractivity contribution in [3.05, 3.63) is 47.5 Å². The lowest BCUT2D eigenvalue weighted by Gasteiger charge is -2.18. The maximum Gasteiger partial charge on any atom is 0.262 e. The molecule has 2 N–H and O–H groups in total. The van der Waals surface area contributed by atoms with Gasteiger partial charge >= 0.3 is 0 Å². The van der Waals surface area contributed by atoms with Crippen molar-refractivity contribution in [3.8, 4) is 11.5 Å². The van der Waals surface area contributed by atoms with Crippen molar-refractivity contribution in [3.63, 3.8) is 0 Å². The molecular formula is C18H17ClN2O4. The average Bonchev–Trinajstić information content (AvgIpc) is 2.60. The molecule has 2 amide bonds. The van der Waals surface area contributed by atoms with Crippen LogP contribution in [0.15, 0.2) is 42.5 Å². The Morgan fingerprint density at radius 1 is 1.28 bits per heavy atom. The van der Waals surface area contributed by atoms with Crippen LogP contribution in [0.2, 0.25) is 5.02 Å². The Bertz CT molecular complexity index is 794. The third kappa shape index (κ3) is 4.64. The van der Waals surface area contributed by atoms with Crippen LogP contribution in [-0.2, 0) is 9.59 Å². The van der Waals surface area contributed by atoms with Gasteiger partial charge in [-0.1, -0.05) is 23.7 Å². The van der Waals surface area contributed by atoms with Crippen LogP contribution in [0.3, 0.4) is 0 Å². The summed E-state index contributed by atoms with van der Waals surface area (Å²) >= 11 is 6.00. The monoisotopic (exact) mass is 360 g/mol. The summed E-state index contributed by atoms with van der Waals surface area (Å²) in [5, 5.41) is 6.05. The molecule has 0 aliphatic carbocycles. The predicted octanol–water partition coefficient (Wildman–Crippen LogP) is 3.47. The highest BCUT2D eigenvalue weighted by molar-refractivity contribution is 6.32. The quantitative estimate of drug-likeness (QED) is 0.773. The van der Waals surface area contributed by atoms with E-state index in [2.05, 4.69) is 10.6 Å². The standard InChI is InChI=1S/C18H17ClN2O4/c19-13-4-1-2-5-15(13)24-9-3-6-17(22)20-12-7-8-14-16(10-12)25-11-18(23)21-14/h1-2,4-5,7-8,10H,3,6,9,11H2,(H,20,22)(H,21,23). The van der Waals surface area contributed by atoms with E-state index in [0.717, 1.165) is 0 Å². The number of nitrogens with one attached hydrogen (secondary N) is 2. The smallest absolute Gasteiger partial charge is 0.262 e. The first kappa shape index (κ1) is 17.1. The zero-order chi connectivity index (χ0) is 17.6. The van der Waals surface area contributed by atoms with Crippen molar-refractivity contribution in [2.45, 2.75) is 12.8 Å². The first-order chi connectivity index (χ1) is 12.1. The van der Waals surface area contributed by atoms with Crippen LogP contribution in [0.5, 0.6) is 11.5 Å². The van der Waals surface area contributed by atoms with Gasteiger partial charge in [0.15, 0.2) is 6.61 Å². The minimum Gasteiger partial charge on any atom is -0.492 e. The molecule has 0 saturated carbocycles. The maximum absolute atomic E-state index is 12.0. The van der Waals surface area contributed by atoms with E-state index in [-0.39, 0.29) is 18.4 Å². The molecule has 0 radical (unpaired) electrons. The van der Waals surface area contributed by atoms with E-state index in [0.29, 0.717) is 47.3 Å². The van der Waals surface area contributed by atoms with Gasteiger partial charge in [-0.2, -0.15) is 0 Å². The number of hydrogen-bond donors (Lipinski definition) is 2. The third-order valence-electron chi connectivity index (χ3n) is 3.54. The topological polar surface area (TPSA) is 76.7 Å². The van der Waals surface area contributed by atoms with E-state index in [1.165, 1.54) is 0 Å². The lowest BCUT2D eigenvalue weighted by Crippen LogP contribution is -2.25. The van der Waals surface area contributed by atoms with E-state index < -0.39 is 0 Å². The Kier molecular flexibility index (Phi) is 5.40. The third-order valence-corrected chi connectivity index (χ3v) is 3.85. The molecule has 2 aromatic carbocycles. The van der Waals surface area contributed by atoms with Crippen LogP contribution in [-0.4, -0.2) is 25.0 Å². The Hall–Kier alpha value is -2.73. The van der Waals surface area contributed by atoms with Crippen molar-refractivity contribution >= 4 is 34.8 Å². The summed E-state index contributed by atoms with van der Waals surface area (Å²) in [6.45, 7) is 0.375. The number of amides is 2. The van der Waals surface area contributed by atoms with Crippen molar-refractivity contribution in [2.24, 2.45) is 0 Å². The molecule has 1 heterocycles. The molecule has 25 heavy (non-hydrogen) atoms. The van der Waals surface area contributed by atoms with Gasteiger partial charge in [0.05, 0.1) is 17.3 Å². The molecule has 130 valence electrons. The second-order valence-corrected chi connectivity index (χ2v) is 5.89. The minimum atomic E-state index is -0.192. The fourth-order valence-corrected chi connectivity index (χ4v) is 2.54. The Labute approximate surface area is 150 Å². The molecular weight excluding hydrogens is 344 g/mol. The van der Waals surface area contributed by atoms with Gasteiger partial charge in [0.1, 0.15) is 11.5 Å². The maximum atomic E-state index is 12.0. The van der Waals surface area contributed by atoms with E-state index in [4.69, 9.17) is 21.1 Å². The van der Waals surface area contributed by atoms with E-state index in [9.17, 15) is 9.59 Å². The first-order valence-corrected chi connectivity index (χ1v) is 8.23. The van der Waals surface area contributed by atoms with Crippen molar-refractivity contribution < 1.29 is 19.1 Å². The van der Waals surface area contributed by atoms with Crippen molar-refractivity contribution in [2.75, 3.05) is 23.8 Å². The van der Waals surface area contributed by atoms with Gasteiger partial charge in [-0.05, 0) is 30.7 Å². The zero-order valence-corrected chi connectivity index (χ0v) is 14.1. The van der Waals surface area contributed by atoms with Gasteiger partial charge in [-0.25, -0.2) is 0 Å². The summed E-state index contributed by atoms with van der Waals surface area (Å²) in [4.78, 5) is 23.2. The van der Waals surface area contributed by atoms with Crippen LogP contribution in [0.4, 0.5) is 11.4 Å². The summed E-state index contributed by atoms with van der Waals surface area (Å²) in [7, 11) is 0. The SMILES string of the molecule is O=C(CCCOc1ccccc1Cl)Nc1ccc2c(c1)OCC(=O)N2. The van der Waals surface area contributed by atoms with Gasteiger partial charge in [0.2, 0.25) is 5.91 Å². The summed E-state index contributed by atoms with van der Waals surface area (Å²) in [5.74, 6) is 0.836. The largest absolute Gasteiger partial charge is 0.492 e. The normalized spacial score (nSPS) is 12.6. The number of benzene rings is 2. The van der Waals surface area contributed by atoms with Crippen LogP contribution in [0, 0.1) is 0 Å². The summed E-state index contributed by atoms with van der Waals surface area (Å²) < 4.78 is 10.9. The molecule has 7 heteroatoms. The highest BCUT2D eigenvalue weighted by Crippen LogP contribution is 2.30. The number of carbonyl (C=O) groups excluding carboxylic acids is 2. The highest BCUT2D eigenvalue weighted by Gasteiger charge is 2.16. The first-order valence-electron chi connectivity index (χ1n) is 7.86. The van der Waals surface area contributed by atoms with Gasteiger partial charge in [0, 0.05) is 18.2 Å². The Morgan fingerprint density at radius 2 is 2.12 bits per heavy atom. The van der Waals surface area contributed by atoms with Crippen LogP contribution in [0.25, 0.3) is 0 Å². The molecule has 6 nitrogen and oxygen atoms in total. The highest BCUT2D eigenvalue weighted by atomic mass is 35.5. The van der Waals surface area contributed by atoms with Crippen LogP contribution < -0.4 is 20.1 Å². The van der Waals surface area contributed by atoms with Crippen molar-refractivity contribution in [1.29, 1.82) is 0 Å². The van der Waals surface area contributed by atoms with Gasteiger partial charge in [-0.15, -0.1) is 0 Å².